The molecule has 0 atom stereocenters. The molecule has 0 fully saturated rings. The van der Waals surface area contributed by atoms with E-state index in [1.807, 2.05) is 13.8 Å². The van der Waals surface area contributed by atoms with E-state index >= 15 is 0 Å². The molecule has 0 bridgehead atoms. The van der Waals surface area contributed by atoms with Crippen LogP contribution in [0.3, 0.4) is 0 Å². The molecule has 2 aromatic rings. The Morgan fingerprint density at radius 3 is 2.42 bits per heavy atom. The Labute approximate surface area is 180 Å². The predicted octanol–water partition coefficient (Wildman–Crippen LogP) is 2.74. The maximum Gasteiger partial charge on any atom is 0.413 e. The molecular formula is C20H24N4O6S. The maximum atomic E-state index is 12.7. The van der Waals surface area contributed by atoms with Crippen LogP contribution in [0.25, 0.3) is 0 Å². The molecule has 166 valence electrons. The Hall–Kier alpha value is -3.60. The Morgan fingerprint density at radius 1 is 1.13 bits per heavy atom. The molecule has 0 aromatic heterocycles. The molecule has 2 aromatic carbocycles. The highest BCUT2D eigenvalue weighted by molar-refractivity contribution is 7.87. The molecule has 0 heterocycles. The lowest BCUT2D eigenvalue weighted by molar-refractivity contribution is -0.116. The predicted molar refractivity (Wildman–Crippen MR) is 116 cm³/mol. The fraction of sp³-hybridized carbons (Fsp3) is 0.250. The summed E-state index contributed by atoms with van der Waals surface area (Å²) in [6.07, 6.45) is -0.612. The van der Waals surface area contributed by atoms with Crippen molar-refractivity contribution in [2.24, 2.45) is 16.6 Å². The van der Waals surface area contributed by atoms with Crippen LogP contribution in [0.4, 0.5) is 16.2 Å². The van der Waals surface area contributed by atoms with Crippen LogP contribution >= 0.6 is 0 Å². The van der Waals surface area contributed by atoms with E-state index in [4.69, 9.17) is 9.92 Å². The number of alkyl carbamates (subject to hydrolysis) is 1. The highest BCUT2D eigenvalue weighted by Crippen LogP contribution is 2.30. The molecular weight excluding hydrogens is 424 g/mol. The van der Waals surface area contributed by atoms with E-state index in [-0.39, 0.29) is 46.2 Å². The molecule has 10 nitrogen and oxygen atoms in total. The van der Waals surface area contributed by atoms with Crippen molar-refractivity contribution in [3.63, 3.8) is 0 Å². The van der Waals surface area contributed by atoms with Crippen LogP contribution in [-0.2, 0) is 19.6 Å². The topological polar surface area (TPSA) is 149 Å². The zero-order valence-electron chi connectivity index (χ0n) is 17.3. The number of methoxy groups -OCH3 is 1. The van der Waals surface area contributed by atoms with Gasteiger partial charge in [-0.3, -0.25) is 10.1 Å². The van der Waals surface area contributed by atoms with Crippen LogP contribution < -0.4 is 20.6 Å². The molecule has 2 amide bonds. The Kier molecular flexibility index (Phi) is 7.97. The third-order valence-electron chi connectivity index (χ3n) is 3.73. The van der Waals surface area contributed by atoms with Crippen LogP contribution in [0.1, 0.15) is 20.3 Å². The molecule has 0 saturated heterocycles. The summed E-state index contributed by atoms with van der Waals surface area (Å²) in [5.41, 5.74) is 5.90. The Morgan fingerprint density at radius 2 is 1.81 bits per heavy atom. The average Bonchev–Trinajstić information content (AvgIpc) is 2.68. The number of nitrogens with one attached hydrogen (secondary N) is 2. The van der Waals surface area contributed by atoms with Gasteiger partial charge in [0.15, 0.2) is 0 Å². The third kappa shape index (κ3) is 7.30. The van der Waals surface area contributed by atoms with Gasteiger partial charge in [0.05, 0.1) is 18.5 Å². The van der Waals surface area contributed by atoms with Crippen molar-refractivity contribution in [3.05, 3.63) is 48.5 Å². The third-order valence-corrected chi connectivity index (χ3v) is 4.97. The fourth-order valence-electron chi connectivity index (χ4n) is 2.40. The van der Waals surface area contributed by atoms with Gasteiger partial charge >= 0.3 is 16.2 Å². The minimum atomic E-state index is -4.20. The van der Waals surface area contributed by atoms with Crippen LogP contribution in [0.5, 0.6) is 5.75 Å². The van der Waals surface area contributed by atoms with Crippen molar-refractivity contribution in [1.82, 2.24) is 5.32 Å². The highest BCUT2D eigenvalue weighted by atomic mass is 32.2. The molecule has 4 N–H and O–H groups in total. The molecule has 0 saturated carbocycles. The van der Waals surface area contributed by atoms with Crippen molar-refractivity contribution in [2.45, 2.75) is 25.2 Å². The van der Waals surface area contributed by atoms with Gasteiger partial charge in [-0.05, 0) is 36.2 Å². The van der Waals surface area contributed by atoms with E-state index in [9.17, 15) is 18.0 Å². The van der Waals surface area contributed by atoms with Crippen LogP contribution in [-0.4, -0.2) is 33.5 Å². The van der Waals surface area contributed by atoms with Crippen LogP contribution in [0, 0.1) is 5.92 Å². The number of ether oxygens (including phenoxy) is 1. The molecule has 11 heteroatoms. The van der Waals surface area contributed by atoms with Gasteiger partial charge in [0.1, 0.15) is 10.6 Å². The monoisotopic (exact) mass is 448 g/mol. The number of aliphatic imine (C=N–C) groups is 1. The Bertz CT molecular complexity index is 1070. The summed E-state index contributed by atoms with van der Waals surface area (Å²) < 4.78 is 34.9. The lowest BCUT2D eigenvalue weighted by Crippen LogP contribution is -2.36. The number of hydrogen-bond donors (Lipinski definition) is 3. The number of guanidine groups is 1. The van der Waals surface area contributed by atoms with Gasteiger partial charge in [0.2, 0.25) is 11.9 Å². The number of nitrogens with zero attached hydrogens (tertiary/aromatic N) is 1. The second-order valence-electron chi connectivity index (χ2n) is 6.79. The first-order valence-electron chi connectivity index (χ1n) is 9.23. The van der Waals surface area contributed by atoms with E-state index in [0.717, 1.165) is 7.11 Å². The average molecular weight is 449 g/mol. The smallest absolute Gasteiger partial charge is 0.413 e. The largest absolute Gasteiger partial charge is 0.453 e. The second kappa shape index (κ2) is 10.4. The number of carbonyl (C=O) groups is 2. The first kappa shape index (κ1) is 23.7. The lowest BCUT2D eigenvalue weighted by Gasteiger charge is -2.13. The van der Waals surface area contributed by atoms with Crippen LogP contribution in [0.15, 0.2) is 58.4 Å². The number of para-hydroxylation sites is 1. The number of rotatable bonds is 7. The highest BCUT2D eigenvalue weighted by Gasteiger charge is 2.20. The summed E-state index contributed by atoms with van der Waals surface area (Å²) in [4.78, 5) is 27.3. The van der Waals surface area contributed by atoms with Gasteiger partial charge in [-0.15, -0.1) is 0 Å². The number of nitrogens with two attached hydrogens (primary N) is 1. The summed E-state index contributed by atoms with van der Waals surface area (Å²) in [5, 5.41) is 4.82. The molecule has 0 aliphatic carbocycles. The number of anilines is 1. The number of amides is 2. The molecule has 31 heavy (non-hydrogen) atoms. The normalized spacial score (nSPS) is 11.7. The van der Waals surface area contributed by atoms with Gasteiger partial charge in [-0.2, -0.15) is 8.42 Å². The summed E-state index contributed by atoms with van der Waals surface area (Å²) in [7, 11) is -3.05. The van der Waals surface area contributed by atoms with Gasteiger partial charge in [0.25, 0.3) is 0 Å². The Balaban J connectivity index is 2.42. The standard InChI is InChI=1S/C20H24N4O6S/c1-13(2)11-18(25)22-16-10-9-15(12-17(16)23-19(21)24-20(26)29-3)31(27,28)30-14-7-5-4-6-8-14/h4-10,12-13H,11H2,1-3H3,(H,22,25)(H3,21,23,24,26). The zero-order valence-corrected chi connectivity index (χ0v) is 18.1. The minimum absolute atomic E-state index is 0.00347. The van der Waals surface area contributed by atoms with E-state index in [1.165, 1.54) is 30.3 Å². The fourth-order valence-corrected chi connectivity index (χ4v) is 3.35. The zero-order chi connectivity index (χ0) is 23.0. The molecule has 0 spiro atoms. The van der Waals surface area contributed by atoms with E-state index in [0.29, 0.717) is 0 Å². The van der Waals surface area contributed by atoms with Crippen molar-refractivity contribution in [1.29, 1.82) is 0 Å². The molecule has 0 radical (unpaired) electrons. The summed E-state index contributed by atoms with van der Waals surface area (Å²) >= 11 is 0. The molecule has 0 unspecified atom stereocenters. The summed E-state index contributed by atoms with van der Waals surface area (Å²) in [5.74, 6) is -0.405. The van der Waals surface area contributed by atoms with Crippen molar-refractivity contribution in [2.75, 3.05) is 12.4 Å². The van der Waals surface area contributed by atoms with Gasteiger partial charge < -0.3 is 20.0 Å². The molecule has 2 rings (SSSR count). The van der Waals surface area contributed by atoms with Crippen molar-refractivity contribution >= 4 is 39.5 Å². The van der Waals surface area contributed by atoms with Gasteiger partial charge in [0, 0.05) is 6.42 Å². The van der Waals surface area contributed by atoms with E-state index in [1.54, 1.807) is 18.2 Å². The van der Waals surface area contributed by atoms with Crippen molar-refractivity contribution < 1.29 is 26.9 Å². The molecule has 0 aliphatic heterocycles. The van der Waals surface area contributed by atoms with Crippen molar-refractivity contribution in [3.8, 4) is 5.75 Å². The minimum Gasteiger partial charge on any atom is -0.453 e. The summed E-state index contributed by atoms with van der Waals surface area (Å²) in [6.45, 7) is 3.76. The summed E-state index contributed by atoms with van der Waals surface area (Å²) in [6, 6.07) is 11.8. The van der Waals surface area contributed by atoms with E-state index < -0.39 is 16.2 Å². The number of carbonyl (C=O) groups excluding carboxylic acids is 2. The first-order chi connectivity index (χ1) is 14.6. The van der Waals surface area contributed by atoms with Gasteiger partial charge in [-0.1, -0.05) is 32.0 Å². The number of benzene rings is 2. The quantitative estimate of drug-likeness (QED) is 0.335. The second-order valence-corrected chi connectivity index (χ2v) is 8.34. The molecule has 0 aliphatic rings. The SMILES string of the molecule is COC(=O)NC(N)=Nc1cc(S(=O)(=O)Oc2ccccc2)ccc1NC(=O)CC(C)C. The van der Waals surface area contributed by atoms with E-state index in [2.05, 4.69) is 20.4 Å². The lowest BCUT2D eigenvalue weighted by atomic mass is 10.1. The van der Waals surface area contributed by atoms with Crippen LogP contribution in [0.2, 0.25) is 0 Å². The van der Waals surface area contributed by atoms with Gasteiger partial charge in [-0.25, -0.2) is 9.79 Å². The maximum absolute atomic E-state index is 12.7. The first-order valence-corrected chi connectivity index (χ1v) is 10.6. The number of hydrogen-bond acceptors (Lipinski definition) is 7.